The molecular formula is C16H18N4O5S. The Hall–Kier alpha value is -2.72. The molecule has 1 saturated heterocycles. The molecule has 0 aliphatic carbocycles. The number of nitrogens with one attached hydrogen (secondary N) is 2. The lowest BCUT2D eigenvalue weighted by Gasteiger charge is -2.16. The molecule has 0 spiro atoms. The summed E-state index contributed by atoms with van der Waals surface area (Å²) in [6.45, 7) is 0.899. The largest absolute Gasteiger partial charge is 0.476 e. The number of H-pyrrole nitrogens is 1. The zero-order valence-electron chi connectivity index (χ0n) is 13.8. The number of carboxylic acids is 1. The van der Waals surface area contributed by atoms with Gasteiger partial charge in [0, 0.05) is 18.7 Å². The molecule has 2 heterocycles. The summed E-state index contributed by atoms with van der Waals surface area (Å²) in [4.78, 5) is 29.7. The SMILES string of the molecule is O=C(NCc1[nH]cnc1C(=O)O)c1cccc(S(=O)(=O)N2CCCC2)c1. The van der Waals surface area contributed by atoms with Crippen LogP contribution in [-0.2, 0) is 16.6 Å². The van der Waals surface area contributed by atoms with Crippen LogP contribution in [0.5, 0.6) is 0 Å². The number of imidazole rings is 1. The van der Waals surface area contributed by atoms with Gasteiger partial charge in [0.15, 0.2) is 5.69 Å². The summed E-state index contributed by atoms with van der Waals surface area (Å²) in [5, 5.41) is 11.6. The van der Waals surface area contributed by atoms with Crippen LogP contribution in [0.15, 0.2) is 35.5 Å². The highest BCUT2D eigenvalue weighted by molar-refractivity contribution is 7.89. The third-order valence-electron chi connectivity index (χ3n) is 4.15. The Morgan fingerprint density at radius 1 is 1.27 bits per heavy atom. The van der Waals surface area contributed by atoms with Crippen molar-refractivity contribution in [1.82, 2.24) is 19.6 Å². The second-order valence-electron chi connectivity index (χ2n) is 5.86. The summed E-state index contributed by atoms with van der Waals surface area (Å²) in [6, 6.07) is 5.80. The third kappa shape index (κ3) is 3.60. The molecule has 1 amide bonds. The normalized spacial score (nSPS) is 15.1. The van der Waals surface area contributed by atoms with Gasteiger partial charge in [-0.05, 0) is 31.0 Å². The van der Waals surface area contributed by atoms with E-state index in [1.165, 1.54) is 34.9 Å². The van der Waals surface area contributed by atoms with Crippen LogP contribution in [0.2, 0.25) is 0 Å². The van der Waals surface area contributed by atoms with Gasteiger partial charge < -0.3 is 15.4 Å². The molecule has 1 fully saturated rings. The first-order chi connectivity index (χ1) is 12.4. The van der Waals surface area contributed by atoms with E-state index in [9.17, 15) is 18.0 Å². The van der Waals surface area contributed by atoms with Crippen LogP contribution in [-0.4, -0.2) is 52.8 Å². The second-order valence-corrected chi connectivity index (χ2v) is 7.79. The molecule has 0 bridgehead atoms. The van der Waals surface area contributed by atoms with E-state index in [0.29, 0.717) is 13.1 Å². The van der Waals surface area contributed by atoms with Crippen molar-refractivity contribution >= 4 is 21.9 Å². The first-order valence-corrected chi connectivity index (χ1v) is 9.47. The minimum Gasteiger partial charge on any atom is -0.476 e. The fourth-order valence-electron chi connectivity index (χ4n) is 2.79. The number of hydrogen-bond acceptors (Lipinski definition) is 5. The van der Waals surface area contributed by atoms with Crippen molar-refractivity contribution in [2.45, 2.75) is 24.3 Å². The van der Waals surface area contributed by atoms with Gasteiger partial charge in [-0.3, -0.25) is 4.79 Å². The minimum atomic E-state index is -3.61. The monoisotopic (exact) mass is 378 g/mol. The van der Waals surface area contributed by atoms with Crippen molar-refractivity contribution in [2.75, 3.05) is 13.1 Å². The highest BCUT2D eigenvalue weighted by atomic mass is 32.2. The zero-order chi connectivity index (χ0) is 18.7. The van der Waals surface area contributed by atoms with E-state index in [1.807, 2.05) is 0 Å². The van der Waals surface area contributed by atoms with E-state index in [-0.39, 0.29) is 28.4 Å². The summed E-state index contributed by atoms with van der Waals surface area (Å²) >= 11 is 0. The van der Waals surface area contributed by atoms with E-state index in [4.69, 9.17) is 5.11 Å². The highest BCUT2D eigenvalue weighted by Gasteiger charge is 2.27. The molecule has 0 saturated carbocycles. The average molecular weight is 378 g/mol. The number of carbonyl (C=O) groups excluding carboxylic acids is 1. The highest BCUT2D eigenvalue weighted by Crippen LogP contribution is 2.21. The zero-order valence-corrected chi connectivity index (χ0v) is 14.6. The van der Waals surface area contributed by atoms with E-state index in [2.05, 4.69) is 15.3 Å². The Balaban J connectivity index is 1.74. The first kappa shape index (κ1) is 18.1. The lowest BCUT2D eigenvalue weighted by molar-refractivity contribution is 0.0688. The van der Waals surface area contributed by atoms with Gasteiger partial charge >= 0.3 is 5.97 Å². The summed E-state index contributed by atoms with van der Waals surface area (Å²) < 4.78 is 26.6. The number of hydrogen-bond donors (Lipinski definition) is 3. The molecule has 3 rings (SSSR count). The predicted octanol–water partition coefficient (Wildman–Crippen LogP) is 0.822. The fraction of sp³-hybridized carbons (Fsp3) is 0.312. The van der Waals surface area contributed by atoms with E-state index in [1.54, 1.807) is 0 Å². The molecule has 26 heavy (non-hydrogen) atoms. The second kappa shape index (κ2) is 7.26. The van der Waals surface area contributed by atoms with Gasteiger partial charge in [0.05, 0.1) is 23.5 Å². The molecular weight excluding hydrogens is 360 g/mol. The van der Waals surface area contributed by atoms with Crippen molar-refractivity contribution < 1.29 is 23.1 Å². The first-order valence-electron chi connectivity index (χ1n) is 8.03. The van der Waals surface area contributed by atoms with Crippen molar-refractivity contribution in [1.29, 1.82) is 0 Å². The summed E-state index contributed by atoms with van der Waals surface area (Å²) in [5.41, 5.74) is 0.268. The maximum absolute atomic E-state index is 12.6. The molecule has 1 aromatic carbocycles. The standard InChI is InChI=1S/C16H18N4O5S/c21-15(17-9-13-14(16(22)23)19-10-18-13)11-4-3-5-12(8-11)26(24,25)20-6-1-2-7-20/h3-5,8,10H,1-2,6-7,9H2,(H,17,21)(H,18,19)(H,22,23). The summed E-state index contributed by atoms with van der Waals surface area (Å²) in [6.07, 6.45) is 2.89. The number of benzene rings is 1. The predicted molar refractivity (Wildman–Crippen MR) is 91.2 cm³/mol. The number of aromatic nitrogens is 2. The van der Waals surface area contributed by atoms with Crippen LogP contribution >= 0.6 is 0 Å². The maximum Gasteiger partial charge on any atom is 0.356 e. The molecule has 2 aromatic rings. The van der Waals surface area contributed by atoms with Gasteiger partial charge in [-0.15, -0.1) is 0 Å². The fourth-order valence-corrected chi connectivity index (χ4v) is 4.35. The van der Waals surface area contributed by atoms with E-state index >= 15 is 0 Å². The Morgan fingerprint density at radius 2 is 2.00 bits per heavy atom. The van der Waals surface area contributed by atoms with Crippen LogP contribution in [0.3, 0.4) is 0 Å². The number of amides is 1. The number of aromatic carboxylic acids is 1. The Kier molecular flexibility index (Phi) is 5.05. The van der Waals surface area contributed by atoms with Crippen LogP contribution in [0.1, 0.15) is 39.4 Å². The molecule has 3 N–H and O–H groups in total. The van der Waals surface area contributed by atoms with Gasteiger partial charge in [0.1, 0.15) is 0 Å². The molecule has 1 aromatic heterocycles. The smallest absolute Gasteiger partial charge is 0.356 e. The molecule has 0 atom stereocenters. The Labute approximate surface area is 150 Å². The van der Waals surface area contributed by atoms with Gasteiger partial charge in [-0.2, -0.15) is 4.31 Å². The quantitative estimate of drug-likeness (QED) is 0.682. The van der Waals surface area contributed by atoms with E-state index in [0.717, 1.165) is 12.8 Å². The van der Waals surface area contributed by atoms with Crippen LogP contribution < -0.4 is 5.32 Å². The summed E-state index contributed by atoms with van der Waals surface area (Å²) in [5.74, 6) is -1.70. The van der Waals surface area contributed by atoms with Gasteiger partial charge in [-0.25, -0.2) is 18.2 Å². The molecule has 0 unspecified atom stereocenters. The van der Waals surface area contributed by atoms with E-state index < -0.39 is 21.9 Å². The van der Waals surface area contributed by atoms with Gasteiger partial charge in [0.2, 0.25) is 10.0 Å². The molecule has 10 heteroatoms. The maximum atomic E-state index is 12.6. The van der Waals surface area contributed by atoms with Crippen LogP contribution in [0, 0.1) is 0 Å². The van der Waals surface area contributed by atoms with Gasteiger partial charge in [0.25, 0.3) is 5.91 Å². The number of nitrogens with zero attached hydrogens (tertiary/aromatic N) is 2. The Morgan fingerprint density at radius 3 is 2.69 bits per heavy atom. The number of carbonyl (C=O) groups is 2. The molecule has 1 aliphatic heterocycles. The number of sulfonamides is 1. The van der Waals surface area contributed by atoms with Crippen molar-refractivity contribution in [3.8, 4) is 0 Å². The lowest BCUT2D eigenvalue weighted by atomic mass is 10.2. The molecule has 138 valence electrons. The lowest BCUT2D eigenvalue weighted by Crippen LogP contribution is -2.28. The number of aromatic amines is 1. The number of carboxylic acid groups (broad SMARTS) is 1. The van der Waals surface area contributed by atoms with Crippen LogP contribution in [0.25, 0.3) is 0 Å². The average Bonchev–Trinajstić information content (AvgIpc) is 3.31. The molecule has 0 radical (unpaired) electrons. The van der Waals surface area contributed by atoms with Crippen molar-refractivity contribution in [2.24, 2.45) is 0 Å². The topological polar surface area (TPSA) is 132 Å². The number of rotatable bonds is 6. The van der Waals surface area contributed by atoms with Crippen molar-refractivity contribution in [3.05, 3.63) is 47.5 Å². The summed E-state index contributed by atoms with van der Waals surface area (Å²) in [7, 11) is -3.61. The van der Waals surface area contributed by atoms with Crippen LogP contribution in [0.4, 0.5) is 0 Å². The van der Waals surface area contributed by atoms with Gasteiger partial charge in [-0.1, -0.05) is 6.07 Å². The Bertz CT molecular complexity index is 932. The minimum absolute atomic E-state index is 0.0659. The third-order valence-corrected chi connectivity index (χ3v) is 6.04. The molecule has 9 nitrogen and oxygen atoms in total. The molecule has 1 aliphatic rings. The van der Waals surface area contributed by atoms with Crippen molar-refractivity contribution in [3.63, 3.8) is 0 Å².